The predicted octanol–water partition coefficient (Wildman–Crippen LogP) is 8.17. The zero-order valence-electron chi connectivity index (χ0n) is 22.1. The number of para-hydroxylation sites is 1. The van der Waals surface area contributed by atoms with Crippen molar-refractivity contribution in [2.24, 2.45) is 0 Å². The summed E-state index contributed by atoms with van der Waals surface area (Å²) in [5, 5.41) is 0.846. The molecule has 0 spiro atoms. The molecule has 206 valence electrons. The number of hydrogen-bond donors (Lipinski definition) is 0. The molecule has 37 heavy (non-hydrogen) atoms. The van der Waals surface area contributed by atoms with Crippen LogP contribution in [-0.4, -0.2) is 52.8 Å². The summed E-state index contributed by atoms with van der Waals surface area (Å²) < 4.78 is 54.1. The van der Waals surface area contributed by atoms with Crippen LogP contribution in [0.1, 0.15) is 49.0 Å². The van der Waals surface area contributed by atoms with Gasteiger partial charge in [-0.25, -0.2) is 0 Å². The minimum atomic E-state index is -4.93. The summed E-state index contributed by atoms with van der Waals surface area (Å²) in [7, 11) is 0.773. The molecule has 0 radical (unpaired) electrons. The van der Waals surface area contributed by atoms with Crippen LogP contribution in [0.2, 0.25) is 28.2 Å². The van der Waals surface area contributed by atoms with E-state index in [1.807, 2.05) is 6.07 Å². The summed E-state index contributed by atoms with van der Waals surface area (Å²) in [5.41, 5.74) is 0.825. The standard InChI is InChI=1S/C26H34Cl2F3NO4Si/c1-25(2,3)37(6,7)35-14-13-18(17-11-12-20(27)21(28)15-17)16-32(4)24(33)19-9-8-10-22(23(19)34-5)36-26(29,30)31/h8-12,15,18H,13-14,16H2,1-7H3. The van der Waals surface area contributed by atoms with E-state index in [0.717, 1.165) is 11.6 Å². The maximum Gasteiger partial charge on any atom is 0.573 e. The lowest BCUT2D eigenvalue weighted by Gasteiger charge is -2.36. The molecule has 0 bridgehead atoms. The number of benzene rings is 2. The molecule has 0 fully saturated rings. The van der Waals surface area contributed by atoms with Crippen molar-refractivity contribution in [1.29, 1.82) is 0 Å². The SMILES string of the molecule is COc1c(OC(F)(F)F)cccc1C(=O)N(C)CC(CCO[Si](C)(C)C(C)(C)C)c1ccc(Cl)c(Cl)c1. The molecule has 2 aromatic rings. The Morgan fingerprint density at radius 3 is 2.27 bits per heavy atom. The molecule has 0 aliphatic rings. The van der Waals surface area contributed by atoms with Gasteiger partial charge in [0.1, 0.15) is 0 Å². The van der Waals surface area contributed by atoms with Crippen LogP contribution in [0.5, 0.6) is 11.5 Å². The average Bonchev–Trinajstić information content (AvgIpc) is 2.77. The number of likely N-dealkylation sites (N-methyl/N-ethyl adjacent to an activating group) is 1. The summed E-state index contributed by atoms with van der Waals surface area (Å²) in [6.07, 6.45) is -4.33. The zero-order valence-corrected chi connectivity index (χ0v) is 24.6. The van der Waals surface area contributed by atoms with E-state index in [1.165, 1.54) is 24.1 Å². The molecule has 0 aliphatic carbocycles. The first-order chi connectivity index (χ1) is 17.0. The van der Waals surface area contributed by atoms with Gasteiger partial charge < -0.3 is 18.8 Å². The number of halogens is 5. The first kappa shape index (κ1) is 31.3. The molecule has 0 heterocycles. The highest BCUT2D eigenvalue weighted by atomic mass is 35.5. The largest absolute Gasteiger partial charge is 0.573 e. The molecule has 0 aromatic heterocycles. The monoisotopic (exact) mass is 579 g/mol. The third-order valence-electron chi connectivity index (χ3n) is 6.63. The highest BCUT2D eigenvalue weighted by molar-refractivity contribution is 6.74. The van der Waals surface area contributed by atoms with Crippen LogP contribution in [0.3, 0.4) is 0 Å². The third-order valence-corrected chi connectivity index (χ3v) is 11.9. The number of nitrogens with zero attached hydrogens (tertiary/aromatic N) is 1. The Balaban J connectivity index is 2.31. The number of alkyl halides is 3. The van der Waals surface area contributed by atoms with Gasteiger partial charge in [-0.3, -0.25) is 4.79 Å². The minimum Gasteiger partial charge on any atom is -0.492 e. The van der Waals surface area contributed by atoms with E-state index in [1.54, 1.807) is 19.2 Å². The fourth-order valence-corrected chi connectivity index (χ4v) is 4.89. The first-order valence-corrected chi connectivity index (χ1v) is 15.4. The van der Waals surface area contributed by atoms with Crippen molar-refractivity contribution in [3.63, 3.8) is 0 Å². The third kappa shape index (κ3) is 8.53. The number of hydrogen-bond acceptors (Lipinski definition) is 4. The van der Waals surface area contributed by atoms with Crippen LogP contribution in [0.15, 0.2) is 36.4 Å². The molecule has 2 aromatic carbocycles. The number of ether oxygens (including phenoxy) is 2. The van der Waals surface area contributed by atoms with Crippen molar-refractivity contribution in [2.75, 3.05) is 27.3 Å². The van der Waals surface area contributed by atoms with Gasteiger partial charge in [-0.15, -0.1) is 13.2 Å². The van der Waals surface area contributed by atoms with E-state index in [2.05, 4.69) is 38.6 Å². The Labute approximate surface area is 227 Å². The highest BCUT2D eigenvalue weighted by Gasteiger charge is 2.37. The molecule has 5 nitrogen and oxygen atoms in total. The van der Waals surface area contributed by atoms with Crippen LogP contribution in [0, 0.1) is 0 Å². The van der Waals surface area contributed by atoms with Crippen molar-refractivity contribution >= 4 is 37.4 Å². The lowest BCUT2D eigenvalue weighted by Crippen LogP contribution is -2.41. The van der Waals surface area contributed by atoms with E-state index < -0.39 is 26.3 Å². The Kier molecular flexibility index (Phi) is 10.4. The van der Waals surface area contributed by atoms with E-state index in [-0.39, 0.29) is 28.8 Å². The van der Waals surface area contributed by atoms with Crippen molar-refractivity contribution in [3.05, 3.63) is 57.6 Å². The second kappa shape index (κ2) is 12.3. The van der Waals surface area contributed by atoms with E-state index >= 15 is 0 Å². The number of rotatable bonds is 10. The van der Waals surface area contributed by atoms with Gasteiger partial charge in [0, 0.05) is 26.1 Å². The van der Waals surface area contributed by atoms with Crippen molar-refractivity contribution in [1.82, 2.24) is 4.90 Å². The Bertz CT molecular complexity index is 1090. The summed E-state index contributed by atoms with van der Waals surface area (Å²) in [4.78, 5) is 14.8. The fourth-order valence-electron chi connectivity index (χ4n) is 3.52. The summed E-state index contributed by atoms with van der Waals surface area (Å²) in [6, 6.07) is 9.12. The summed E-state index contributed by atoms with van der Waals surface area (Å²) >= 11 is 12.4. The first-order valence-electron chi connectivity index (χ1n) is 11.7. The molecule has 0 saturated carbocycles. The molecule has 11 heteroatoms. The van der Waals surface area contributed by atoms with E-state index in [4.69, 9.17) is 32.4 Å². The Hall–Kier alpha value is -1.94. The number of carbonyl (C=O) groups is 1. The van der Waals surface area contributed by atoms with E-state index in [0.29, 0.717) is 23.1 Å². The summed E-state index contributed by atoms with van der Waals surface area (Å²) in [5.74, 6) is -1.56. The highest BCUT2D eigenvalue weighted by Crippen LogP contribution is 2.38. The molecule has 0 aliphatic heterocycles. The molecule has 1 atom stereocenters. The van der Waals surface area contributed by atoms with Gasteiger partial charge in [-0.2, -0.15) is 0 Å². The van der Waals surface area contributed by atoms with Gasteiger partial charge in [0.15, 0.2) is 19.8 Å². The maximum absolute atomic E-state index is 13.3. The maximum atomic E-state index is 13.3. The molecular weight excluding hydrogens is 546 g/mol. The van der Waals surface area contributed by atoms with Crippen LogP contribution < -0.4 is 9.47 Å². The number of carbonyl (C=O) groups excluding carboxylic acids is 1. The topological polar surface area (TPSA) is 48.0 Å². The Morgan fingerprint density at radius 2 is 1.73 bits per heavy atom. The van der Waals surface area contributed by atoms with Gasteiger partial charge >= 0.3 is 6.36 Å². The Morgan fingerprint density at radius 1 is 1.08 bits per heavy atom. The number of amides is 1. The normalized spacial score (nSPS) is 13.3. The second-order valence-corrected chi connectivity index (χ2v) is 16.0. The van der Waals surface area contributed by atoms with Gasteiger partial charge in [0.25, 0.3) is 5.91 Å². The smallest absolute Gasteiger partial charge is 0.492 e. The lowest BCUT2D eigenvalue weighted by atomic mass is 9.95. The quantitative estimate of drug-likeness (QED) is 0.266. The predicted molar refractivity (Wildman–Crippen MR) is 144 cm³/mol. The van der Waals surface area contributed by atoms with Crippen LogP contribution in [-0.2, 0) is 4.43 Å². The van der Waals surface area contributed by atoms with Crippen molar-refractivity contribution < 1.29 is 31.9 Å². The minimum absolute atomic E-state index is 0.0406. The molecule has 0 saturated heterocycles. The second-order valence-electron chi connectivity index (χ2n) is 10.3. The van der Waals surface area contributed by atoms with Gasteiger partial charge in [-0.05, 0) is 54.4 Å². The van der Waals surface area contributed by atoms with Gasteiger partial charge in [0.05, 0.1) is 22.7 Å². The molecule has 1 unspecified atom stereocenters. The lowest BCUT2D eigenvalue weighted by molar-refractivity contribution is -0.275. The van der Waals surface area contributed by atoms with Crippen LogP contribution >= 0.6 is 23.2 Å². The van der Waals surface area contributed by atoms with Gasteiger partial charge in [-0.1, -0.05) is 56.1 Å². The molecule has 1 amide bonds. The number of methoxy groups -OCH3 is 1. The zero-order chi connectivity index (χ0) is 28.2. The van der Waals surface area contributed by atoms with Crippen LogP contribution in [0.25, 0.3) is 0 Å². The fraction of sp³-hybridized carbons (Fsp3) is 0.500. The molecular formula is C26H34Cl2F3NO4Si. The molecule has 0 N–H and O–H groups in total. The average molecular weight is 581 g/mol. The van der Waals surface area contributed by atoms with Crippen LogP contribution in [0.4, 0.5) is 13.2 Å². The van der Waals surface area contributed by atoms with E-state index in [9.17, 15) is 18.0 Å². The van der Waals surface area contributed by atoms with Crippen molar-refractivity contribution in [3.8, 4) is 11.5 Å². The summed E-state index contributed by atoms with van der Waals surface area (Å²) in [6.45, 7) is 11.5. The van der Waals surface area contributed by atoms with Gasteiger partial charge in [0.2, 0.25) is 0 Å². The van der Waals surface area contributed by atoms with Crippen molar-refractivity contribution in [2.45, 2.75) is 57.6 Å². The molecule has 2 rings (SSSR count).